The summed E-state index contributed by atoms with van der Waals surface area (Å²) in [6.07, 6.45) is 0. The highest BCUT2D eigenvalue weighted by atomic mass is 79.9. The van der Waals surface area contributed by atoms with Crippen molar-refractivity contribution in [3.63, 3.8) is 0 Å². The van der Waals surface area contributed by atoms with Crippen LogP contribution >= 0.6 is 39.3 Å². The maximum Gasteiger partial charge on any atom is 0.238 e. The Hall–Kier alpha value is -2.22. The van der Waals surface area contributed by atoms with E-state index in [1.54, 1.807) is 42.3 Å². The lowest BCUT2D eigenvalue weighted by Gasteiger charge is -2.25. The molecule has 4 nitrogen and oxygen atoms in total. The number of halogens is 3. The topological polar surface area (TPSA) is 38.8 Å². The monoisotopic (exact) mass is 521 g/mol. The summed E-state index contributed by atoms with van der Waals surface area (Å²) in [5.41, 5.74) is 2.11. The van der Waals surface area contributed by atoms with Gasteiger partial charge in [0.05, 0.1) is 17.3 Å². The number of hydrogen-bond donors (Lipinski definition) is 0. The zero-order valence-corrected chi connectivity index (χ0v) is 19.6. The molecular formula is C23H18BrClFNO3S. The summed E-state index contributed by atoms with van der Waals surface area (Å²) in [7, 11) is 1.55. The van der Waals surface area contributed by atoms with Crippen molar-refractivity contribution in [1.82, 2.24) is 0 Å². The Kier molecular flexibility index (Phi) is 6.74. The van der Waals surface area contributed by atoms with Gasteiger partial charge in [-0.2, -0.15) is 0 Å². The fourth-order valence-electron chi connectivity index (χ4n) is 3.34. The third-order valence-electron chi connectivity index (χ3n) is 4.84. The van der Waals surface area contributed by atoms with Gasteiger partial charge in [0.15, 0.2) is 11.5 Å². The van der Waals surface area contributed by atoms with E-state index < -0.39 is 0 Å². The first-order chi connectivity index (χ1) is 15.0. The molecule has 8 heteroatoms. The summed E-state index contributed by atoms with van der Waals surface area (Å²) >= 11 is 11.1. The van der Waals surface area contributed by atoms with E-state index in [0.29, 0.717) is 32.3 Å². The van der Waals surface area contributed by atoms with Gasteiger partial charge in [-0.3, -0.25) is 9.69 Å². The summed E-state index contributed by atoms with van der Waals surface area (Å²) < 4.78 is 26.0. The molecule has 4 rings (SSSR count). The number of benzene rings is 3. The van der Waals surface area contributed by atoms with Crippen LogP contribution in [0.15, 0.2) is 65.1 Å². The fourth-order valence-corrected chi connectivity index (χ4v) is 5.20. The predicted molar refractivity (Wildman–Crippen MR) is 126 cm³/mol. The standard InChI is InChI=1S/C23H18BrClFNO3S/c1-29-20-11-15(10-18(24)22(20)30-12-14-4-2-3-5-19(14)26)23-27(21(28)13-31-23)17-8-6-16(25)7-9-17/h2-11,23H,12-13H2,1H3/t23-/m0/s1. The molecule has 0 saturated carbocycles. The molecule has 1 heterocycles. The number of hydrogen-bond acceptors (Lipinski definition) is 4. The fraction of sp³-hybridized carbons (Fsp3) is 0.174. The second-order valence-electron chi connectivity index (χ2n) is 6.82. The molecule has 3 aromatic carbocycles. The molecule has 31 heavy (non-hydrogen) atoms. The van der Waals surface area contributed by atoms with Gasteiger partial charge >= 0.3 is 0 Å². The molecule has 0 aliphatic carbocycles. The molecule has 0 aromatic heterocycles. The van der Waals surface area contributed by atoms with Crippen LogP contribution in [-0.2, 0) is 11.4 Å². The van der Waals surface area contributed by atoms with Crippen LogP contribution in [0.1, 0.15) is 16.5 Å². The van der Waals surface area contributed by atoms with Crippen LogP contribution in [0, 0.1) is 5.82 Å². The number of amides is 1. The van der Waals surface area contributed by atoms with Gasteiger partial charge in [-0.15, -0.1) is 11.8 Å². The Labute approximate surface area is 197 Å². The highest BCUT2D eigenvalue weighted by Crippen LogP contribution is 2.46. The molecule has 1 saturated heterocycles. The Morgan fingerprint density at radius 2 is 1.94 bits per heavy atom. The van der Waals surface area contributed by atoms with Gasteiger partial charge in [-0.05, 0) is 64.0 Å². The largest absolute Gasteiger partial charge is 0.493 e. The van der Waals surface area contributed by atoms with Crippen LogP contribution in [-0.4, -0.2) is 18.8 Å². The molecule has 1 aliphatic heterocycles. The maximum absolute atomic E-state index is 13.9. The Morgan fingerprint density at radius 3 is 2.65 bits per heavy atom. The van der Waals surface area contributed by atoms with Crippen LogP contribution in [0.2, 0.25) is 5.02 Å². The molecule has 0 radical (unpaired) electrons. The summed E-state index contributed by atoms with van der Waals surface area (Å²) in [6, 6.07) is 17.4. The second-order valence-corrected chi connectivity index (χ2v) is 9.18. The van der Waals surface area contributed by atoms with Gasteiger partial charge in [-0.1, -0.05) is 29.8 Å². The number of rotatable bonds is 6. The number of carbonyl (C=O) groups is 1. The number of ether oxygens (including phenoxy) is 2. The van der Waals surface area contributed by atoms with Crippen LogP contribution < -0.4 is 14.4 Å². The summed E-state index contributed by atoms with van der Waals surface area (Å²) in [4.78, 5) is 14.4. The third-order valence-corrected chi connectivity index (χ3v) is 6.89. The first kappa shape index (κ1) is 22.0. The van der Waals surface area contributed by atoms with E-state index in [0.717, 1.165) is 11.3 Å². The quantitative estimate of drug-likeness (QED) is 0.365. The molecule has 0 bridgehead atoms. The van der Waals surface area contributed by atoms with Gasteiger partial charge in [0, 0.05) is 16.3 Å². The number of methoxy groups -OCH3 is 1. The van der Waals surface area contributed by atoms with Gasteiger partial charge in [-0.25, -0.2) is 4.39 Å². The predicted octanol–water partition coefficient (Wildman–Crippen LogP) is 6.61. The highest BCUT2D eigenvalue weighted by Gasteiger charge is 2.35. The first-order valence-electron chi connectivity index (χ1n) is 9.41. The molecule has 0 N–H and O–H groups in total. The molecule has 160 valence electrons. The van der Waals surface area contributed by atoms with Gasteiger partial charge < -0.3 is 9.47 Å². The minimum atomic E-state index is -0.325. The van der Waals surface area contributed by atoms with Gasteiger partial charge in [0.2, 0.25) is 5.91 Å². The number of carbonyl (C=O) groups excluding carboxylic acids is 1. The van der Waals surface area contributed by atoms with E-state index in [-0.39, 0.29) is 23.7 Å². The van der Waals surface area contributed by atoms with Crippen LogP contribution in [0.5, 0.6) is 11.5 Å². The van der Waals surface area contributed by atoms with Crippen molar-refractivity contribution in [2.75, 3.05) is 17.8 Å². The Morgan fingerprint density at radius 1 is 1.19 bits per heavy atom. The number of anilines is 1. The van der Waals surface area contributed by atoms with Crippen LogP contribution in [0.25, 0.3) is 0 Å². The molecular weight excluding hydrogens is 505 g/mol. The third kappa shape index (κ3) is 4.68. The molecule has 1 fully saturated rings. The molecule has 1 amide bonds. The normalized spacial score (nSPS) is 15.9. The van der Waals surface area contributed by atoms with Crippen molar-refractivity contribution in [3.05, 3.63) is 87.1 Å². The van der Waals surface area contributed by atoms with Crippen molar-refractivity contribution >= 4 is 50.9 Å². The van der Waals surface area contributed by atoms with E-state index in [2.05, 4.69) is 15.9 Å². The van der Waals surface area contributed by atoms with Crippen LogP contribution in [0.4, 0.5) is 10.1 Å². The zero-order chi connectivity index (χ0) is 22.0. The van der Waals surface area contributed by atoms with E-state index in [1.807, 2.05) is 24.3 Å². The lowest BCUT2D eigenvalue weighted by Crippen LogP contribution is -2.27. The Bertz CT molecular complexity index is 1110. The lowest BCUT2D eigenvalue weighted by molar-refractivity contribution is -0.115. The van der Waals surface area contributed by atoms with Crippen molar-refractivity contribution in [2.45, 2.75) is 12.0 Å². The highest BCUT2D eigenvalue weighted by molar-refractivity contribution is 9.10. The molecule has 3 aromatic rings. The smallest absolute Gasteiger partial charge is 0.238 e. The minimum Gasteiger partial charge on any atom is -0.493 e. The van der Waals surface area contributed by atoms with E-state index in [9.17, 15) is 9.18 Å². The molecule has 1 aliphatic rings. The summed E-state index contributed by atoms with van der Waals surface area (Å²) in [6.45, 7) is 0.0640. The zero-order valence-electron chi connectivity index (χ0n) is 16.5. The number of thioether (sulfide) groups is 1. The summed E-state index contributed by atoms with van der Waals surface area (Å²) in [5.74, 6) is 1.04. The average Bonchev–Trinajstić information content (AvgIpc) is 3.15. The van der Waals surface area contributed by atoms with E-state index >= 15 is 0 Å². The molecule has 0 spiro atoms. The minimum absolute atomic E-state index is 0.0206. The van der Waals surface area contributed by atoms with Crippen molar-refractivity contribution in [2.24, 2.45) is 0 Å². The van der Waals surface area contributed by atoms with Crippen molar-refractivity contribution in [3.8, 4) is 11.5 Å². The summed E-state index contributed by atoms with van der Waals surface area (Å²) in [5, 5.41) is 0.389. The average molecular weight is 523 g/mol. The molecule has 0 unspecified atom stereocenters. The lowest BCUT2D eigenvalue weighted by atomic mass is 10.1. The second kappa shape index (κ2) is 9.51. The van der Waals surface area contributed by atoms with E-state index in [4.69, 9.17) is 21.1 Å². The van der Waals surface area contributed by atoms with E-state index in [1.165, 1.54) is 17.8 Å². The maximum atomic E-state index is 13.9. The van der Waals surface area contributed by atoms with Crippen LogP contribution in [0.3, 0.4) is 0 Å². The van der Waals surface area contributed by atoms with Crippen molar-refractivity contribution in [1.29, 1.82) is 0 Å². The number of nitrogens with zero attached hydrogens (tertiary/aromatic N) is 1. The van der Waals surface area contributed by atoms with Crippen molar-refractivity contribution < 1.29 is 18.7 Å². The van der Waals surface area contributed by atoms with Gasteiger partial charge in [0.1, 0.15) is 17.8 Å². The SMILES string of the molecule is COc1cc([C@@H]2SCC(=O)N2c2ccc(Cl)cc2)cc(Br)c1OCc1ccccc1F. The van der Waals surface area contributed by atoms with Gasteiger partial charge in [0.25, 0.3) is 0 Å². The first-order valence-corrected chi connectivity index (χ1v) is 11.6. The Balaban J connectivity index is 1.63. The molecule has 1 atom stereocenters.